The topological polar surface area (TPSA) is 140 Å². The quantitative estimate of drug-likeness (QED) is 0.214. The molecule has 6 heterocycles. The molecule has 3 aromatic heterocycles. The molecule has 1 atom stereocenters. The zero-order valence-corrected chi connectivity index (χ0v) is 32.9. The number of nitrogens with zero attached hydrogens (tertiary/aromatic N) is 8. The molecule has 2 amide bonds. The summed E-state index contributed by atoms with van der Waals surface area (Å²) in [5.74, 6) is -0.532. The molecule has 8 rings (SSSR count). The Morgan fingerprint density at radius 2 is 1.76 bits per heavy atom. The third-order valence-electron chi connectivity index (χ3n) is 10.8. The molecule has 0 radical (unpaired) electrons. The second-order valence-electron chi connectivity index (χ2n) is 17.3. The Hall–Kier alpha value is -4.88. The molecule has 3 saturated heterocycles. The molecule has 0 bridgehead atoms. The van der Waals surface area contributed by atoms with E-state index >= 15 is 8.78 Å². The number of aromatic nitrogens is 3. The van der Waals surface area contributed by atoms with E-state index in [9.17, 15) is 14.9 Å². The summed E-state index contributed by atoms with van der Waals surface area (Å²) >= 11 is 0.863. The van der Waals surface area contributed by atoms with Crippen LogP contribution in [-0.4, -0.2) is 107 Å². The first kappa shape index (κ1) is 37.1. The Labute approximate surface area is 322 Å². The van der Waals surface area contributed by atoms with Gasteiger partial charge in [-0.1, -0.05) is 0 Å². The molecule has 1 saturated carbocycles. The summed E-state index contributed by atoms with van der Waals surface area (Å²) in [7, 11) is 1.88. The van der Waals surface area contributed by atoms with Crippen molar-refractivity contribution in [3.63, 3.8) is 0 Å². The number of rotatable bonds is 6. The van der Waals surface area contributed by atoms with Crippen LogP contribution in [-0.2, 0) is 9.47 Å². The molecule has 4 fully saturated rings. The summed E-state index contributed by atoms with van der Waals surface area (Å²) in [6, 6.07) is 4.89. The van der Waals surface area contributed by atoms with Gasteiger partial charge < -0.3 is 24.2 Å². The molecule has 0 unspecified atom stereocenters. The van der Waals surface area contributed by atoms with Crippen LogP contribution in [0.25, 0.3) is 32.2 Å². The highest BCUT2D eigenvalue weighted by Crippen LogP contribution is 2.54. The predicted molar refractivity (Wildman–Crippen MR) is 206 cm³/mol. The van der Waals surface area contributed by atoms with Crippen LogP contribution in [0.15, 0.2) is 18.3 Å². The minimum atomic E-state index is -0.809. The van der Waals surface area contributed by atoms with E-state index in [0.29, 0.717) is 61.2 Å². The lowest BCUT2D eigenvalue weighted by atomic mass is 9.92. The van der Waals surface area contributed by atoms with E-state index in [1.54, 1.807) is 25.7 Å². The van der Waals surface area contributed by atoms with E-state index in [1.165, 1.54) is 31.2 Å². The van der Waals surface area contributed by atoms with Crippen molar-refractivity contribution in [1.29, 1.82) is 5.26 Å². The number of carbonyl (C=O) groups excluding carboxylic acids is 2. The largest absolute Gasteiger partial charge is 0.444 e. The number of likely N-dealkylation sites (N-methyl/N-ethyl adjacent to an activating group) is 1. The minimum Gasteiger partial charge on any atom is -0.444 e. The first-order chi connectivity index (χ1) is 25.9. The van der Waals surface area contributed by atoms with Gasteiger partial charge in [0.2, 0.25) is 5.95 Å². The van der Waals surface area contributed by atoms with Crippen molar-refractivity contribution in [3.05, 3.63) is 35.5 Å². The summed E-state index contributed by atoms with van der Waals surface area (Å²) in [6.07, 6.45) is 3.56. The van der Waals surface area contributed by atoms with Crippen LogP contribution in [0.2, 0.25) is 0 Å². The third-order valence-corrected chi connectivity index (χ3v) is 11.9. The van der Waals surface area contributed by atoms with Crippen LogP contribution >= 0.6 is 11.3 Å². The van der Waals surface area contributed by atoms with E-state index < -0.39 is 28.9 Å². The number of hydrogen-bond acceptors (Lipinski definition) is 12. The van der Waals surface area contributed by atoms with Gasteiger partial charge in [0.15, 0.2) is 5.82 Å². The fourth-order valence-corrected chi connectivity index (χ4v) is 8.80. The van der Waals surface area contributed by atoms with E-state index in [0.717, 1.165) is 24.4 Å². The average Bonchev–Trinajstić information content (AvgIpc) is 3.54. The van der Waals surface area contributed by atoms with Crippen molar-refractivity contribution in [2.75, 3.05) is 61.4 Å². The molecule has 55 heavy (non-hydrogen) atoms. The van der Waals surface area contributed by atoms with Gasteiger partial charge in [0.05, 0.1) is 15.6 Å². The van der Waals surface area contributed by atoms with Crippen LogP contribution in [0.3, 0.4) is 0 Å². The lowest BCUT2D eigenvalue weighted by Gasteiger charge is -2.52. The summed E-state index contributed by atoms with van der Waals surface area (Å²) in [6.45, 7) is 15.2. The van der Waals surface area contributed by atoms with Crippen LogP contribution in [0.5, 0.6) is 0 Å². The Morgan fingerprint density at radius 3 is 2.42 bits per heavy atom. The number of hydrogen-bond donors (Lipinski definition) is 1. The van der Waals surface area contributed by atoms with Gasteiger partial charge in [-0.05, 0) is 78.4 Å². The van der Waals surface area contributed by atoms with E-state index in [4.69, 9.17) is 19.4 Å². The summed E-state index contributed by atoms with van der Waals surface area (Å²) in [4.78, 5) is 48.2. The molecular weight excluding hydrogens is 729 g/mol. The van der Waals surface area contributed by atoms with Crippen molar-refractivity contribution in [1.82, 2.24) is 24.8 Å². The molecule has 16 heteroatoms. The van der Waals surface area contributed by atoms with E-state index in [2.05, 4.69) is 26.2 Å². The predicted octanol–water partition coefficient (Wildman–Crippen LogP) is 7.13. The molecule has 1 aromatic carbocycles. The first-order valence-corrected chi connectivity index (χ1v) is 19.5. The Balaban J connectivity index is 1.17. The second-order valence-corrected chi connectivity index (χ2v) is 18.3. The Morgan fingerprint density at radius 1 is 1.05 bits per heavy atom. The van der Waals surface area contributed by atoms with E-state index in [1.807, 2.05) is 32.7 Å². The number of likely N-dealkylation sites (tertiary alicyclic amines) is 2. The molecule has 1 N–H and O–H groups in total. The zero-order chi connectivity index (χ0) is 39.2. The van der Waals surface area contributed by atoms with E-state index in [-0.39, 0.29) is 49.6 Å². The molecule has 4 aromatic rings. The number of anilines is 3. The number of benzene rings is 1. The number of nitriles is 1. The number of thiophene rings is 1. The lowest BCUT2D eigenvalue weighted by Crippen LogP contribution is -2.66. The average molecular weight is 774 g/mol. The molecule has 3 aliphatic heterocycles. The number of carbonyl (C=O) groups is 2. The summed E-state index contributed by atoms with van der Waals surface area (Å²) < 4.78 is 43.6. The number of pyridine rings is 1. The molecule has 1 spiro atoms. The van der Waals surface area contributed by atoms with Crippen LogP contribution in [0.4, 0.5) is 35.1 Å². The van der Waals surface area contributed by atoms with Gasteiger partial charge in [0.1, 0.15) is 45.1 Å². The molecule has 1 aliphatic carbocycles. The molecule has 290 valence electrons. The van der Waals surface area contributed by atoms with Crippen molar-refractivity contribution in [2.45, 2.75) is 84.1 Å². The van der Waals surface area contributed by atoms with Gasteiger partial charge in [0, 0.05) is 75.5 Å². The Bertz CT molecular complexity index is 2260. The highest BCUT2D eigenvalue weighted by atomic mass is 32.1. The van der Waals surface area contributed by atoms with Crippen molar-refractivity contribution < 1.29 is 27.8 Å². The minimum absolute atomic E-state index is 0.0292. The third kappa shape index (κ3) is 6.97. The number of ether oxygens (including phenoxy) is 2. The highest BCUT2D eigenvalue weighted by molar-refractivity contribution is 7.23. The maximum Gasteiger partial charge on any atom is 0.412 e. The summed E-state index contributed by atoms with van der Waals surface area (Å²) in [5, 5.41) is 13.4. The molecular formula is C39H45F2N9O4S. The van der Waals surface area contributed by atoms with Crippen molar-refractivity contribution in [3.8, 4) is 17.3 Å². The summed E-state index contributed by atoms with van der Waals surface area (Å²) in [5.41, 5.74) is -0.862. The van der Waals surface area contributed by atoms with Crippen molar-refractivity contribution in [2.24, 2.45) is 5.41 Å². The number of halogens is 2. The highest BCUT2D eigenvalue weighted by Gasteiger charge is 2.55. The fourth-order valence-electron chi connectivity index (χ4n) is 7.73. The van der Waals surface area contributed by atoms with Crippen LogP contribution in [0.1, 0.15) is 66.4 Å². The fraction of sp³-hybridized carbons (Fsp3) is 0.538. The monoisotopic (exact) mass is 773 g/mol. The van der Waals surface area contributed by atoms with Gasteiger partial charge in [-0.2, -0.15) is 10.2 Å². The normalized spacial score (nSPS) is 19.7. The number of amides is 2. The molecule has 4 aliphatic rings. The Kier molecular flexibility index (Phi) is 8.84. The lowest BCUT2D eigenvalue weighted by molar-refractivity contribution is 0.0238. The van der Waals surface area contributed by atoms with Gasteiger partial charge in [-0.15, -0.1) is 11.3 Å². The van der Waals surface area contributed by atoms with Gasteiger partial charge >= 0.3 is 12.2 Å². The number of fused-ring (bicyclic) bond motifs is 2. The standard InChI is InChI=1S/C39H45F2N9O4S/c1-37(2,3)53-35(51)46-33-24(14-42)27-23(8-9-26(40)31(27)55-33)29-28(41)30-25(15-43-29)32(47(7)21-10-13-48(16-21)36(52)54-38(4,5)6)45-34(44-30)49-17-22(18-49)50-19-39(20-50)11-12-39/h8-9,15,21-22H,10-13,16-20H2,1-7H3,(H,46,51)/t21-/m1/s1. The smallest absolute Gasteiger partial charge is 0.412 e. The molecule has 13 nitrogen and oxygen atoms in total. The van der Waals surface area contributed by atoms with Gasteiger partial charge in [0.25, 0.3) is 0 Å². The van der Waals surface area contributed by atoms with Crippen molar-refractivity contribution >= 4 is 61.3 Å². The first-order valence-electron chi connectivity index (χ1n) is 18.6. The van der Waals surface area contributed by atoms with Gasteiger partial charge in [-0.25, -0.2) is 23.4 Å². The van der Waals surface area contributed by atoms with Crippen LogP contribution < -0.4 is 15.1 Å². The second kappa shape index (κ2) is 13.1. The number of nitrogens with one attached hydrogen (secondary N) is 1. The SMILES string of the molecule is CN(c1nc(N2CC(N3CC4(CC4)C3)C2)nc2c(F)c(-c3ccc(F)c4sc(NC(=O)OC(C)(C)C)c(C#N)c34)ncc12)[C@@H]1CCN(C(=O)OC(C)(C)C)C1. The maximum absolute atomic E-state index is 17.2. The maximum atomic E-state index is 17.2. The zero-order valence-electron chi connectivity index (χ0n) is 32.1. The van der Waals surface area contributed by atoms with Crippen LogP contribution in [0, 0.1) is 28.4 Å². The van der Waals surface area contributed by atoms with Gasteiger partial charge in [-0.3, -0.25) is 15.2 Å².